The third-order valence-electron chi connectivity index (χ3n) is 4.16. The van der Waals surface area contributed by atoms with Crippen molar-refractivity contribution in [2.24, 2.45) is 0 Å². The summed E-state index contributed by atoms with van der Waals surface area (Å²) in [4.78, 5) is 13.7. The lowest BCUT2D eigenvalue weighted by atomic mass is 10.2. The monoisotopic (exact) mass is 387 g/mol. The van der Waals surface area contributed by atoms with E-state index in [0.717, 1.165) is 11.3 Å². The molecule has 0 aliphatic rings. The summed E-state index contributed by atoms with van der Waals surface area (Å²) in [5, 5.41) is 10.4. The predicted octanol–water partition coefficient (Wildman–Crippen LogP) is 2.89. The Morgan fingerprint density at radius 3 is 2.39 bits per heavy atom. The number of aliphatic hydroxyl groups excluding tert-OH is 1. The highest BCUT2D eigenvalue weighted by Crippen LogP contribution is 2.17. The fraction of sp³-hybridized carbons (Fsp3) is 0.409. The molecule has 152 valence electrons. The van der Waals surface area contributed by atoms with E-state index in [1.54, 1.807) is 26.2 Å². The summed E-state index contributed by atoms with van der Waals surface area (Å²) < 4.78 is 15.8. The fourth-order valence-electron chi connectivity index (χ4n) is 2.77. The zero-order valence-corrected chi connectivity index (χ0v) is 16.5. The summed E-state index contributed by atoms with van der Waals surface area (Å²) >= 11 is 0. The van der Waals surface area contributed by atoms with Gasteiger partial charge in [-0.1, -0.05) is 30.3 Å². The lowest BCUT2D eigenvalue weighted by molar-refractivity contribution is -0.143. The molecule has 0 radical (unpaired) electrons. The van der Waals surface area contributed by atoms with Gasteiger partial charge in [0.1, 0.15) is 24.2 Å². The van der Waals surface area contributed by atoms with Gasteiger partial charge < -0.3 is 19.3 Å². The summed E-state index contributed by atoms with van der Waals surface area (Å²) in [5.41, 5.74) is 1.12. The Bertz CT molecular complexity index is 690. The highest BCUT2D eigenvalue weighted by molar-refractivity contribution is 5.69. The van der Waals surface area contributed by atoms with Crippen LogP contribution >= 0.6 is 0 Å². The molecule has 6 heteroatoms. The normalized spacial score (nSPS) is 11.9. The Morgan fingerprint density at radius 1 is 1.07 bits per heavy atom. The number of benzene rings is 2. The number of hydrogen-bond donors (Lipinski definition) is 1. The number of rotatable bonds is 12. The van der Waals surface area contributed by atoms with Gasteiger partial charge in [0.15, 0.2) is 0 Å². The number of methoxy groups -OCH3 is 1. The number of aliphatic hydroxyl groups is 1. The molecule has 0 aliphatic heterocycles. The van der Waals surface area contributed by atoms with Crippen LogP contribution in [0.15, 0.2) is 54.6 Å². The molecular weight excluding hydrogens is 358 g/mol. The highest BCUT2D eigenvalue weighted by Gasteiger charge is 2.15. The maximum Gasteiger partial charge on any atom is 0.307 e. The first-order valence-corrected chi connectivity index (χ1v) is 9.47. The third-order valence-corrected chi connectivity index (χ3v) is 4.16. The van der Waals surface area contributed by atoms with Crippen LogP contribution in [0.25, 0.3) is 0 Å². The molecule has 0 fully saturated rings. The van der Waals surface area contributed by atoms with E-state index in [1.807, 2.05) is 47.4 Å². The van der Waals surface area contributed by atoms with Gasteiger partial charge in [0.2, 0.25) is 0 Å². The Hall–Kier alpha value is -2.57. The number of nitrogens with zero attached hydrogens (tertiary/aromatic N) is 1. The van der Waals surface area contributed by atoms with Crippen molar-refractivity contribution in [3.05, 3.63) is 60.2 Å². The summed E-state index contributed by atoms with van der Waals surface area (Å²) in [6, 6.07) is 17.2. The summed E-state index contributed by atoms with van der Waals surface area (Å²) in [6.07, 6.45) is -0.403. The molecule has 0 heterocycles. The molecule has 2 aromatic rings. The van der Waals surface area contributed by atoms with Gasteiger partial charge in [0.05, 0.1) is 20.1 Å². The molecule has 0 saturated heterocycles. The van der Waals surface area contributed by atoms with Gasteiger partial charge in [0, 0.05) is 19.6 Å². The van der Waals surface area contributed by atoms with Crippen molar-refractivity contribution in [2.75, 3.05) is 33.4 Å². The smallest absolute Gasteiger partial charge is 0.307 e. The van der Waals surface area contributed by atoms with Gasteiger partial charge >= 0.3 is 5.97 Å². The van der Waals surface area contributed by atoms with E-state index < -0.39 is 6.10 Å². The van der Waals surface area contributed by atoms with Crippen LogP contribution in [-0.4, -0.2) is 55.5 Å². The van der Waals surface area contributed by atoms with Gasteiger partial charge in [-0.15, -0.1) is 0 Å². The van der Waals surface area contributed by atoms with Crippen LogP contribution in [0.3, 0.4) is 0 Å². The molecular formula is C22H29NO5. The minimum Gasteiger partial charge on any atom is -0.497 e. The van der Waals surface area contributed by atoms with E-state index >= 15 is 0 Å². The summed E-state index contributed by atoms with van der Waals surface area (Å²) in [6.45, 7) is 3.87. The number of hydrogen-bond acceptors (Lipinski definition) is 6. The average Bonchev–Trinajstić information content (AvgIpc) is 2.72. The minimum atomic E-state index is -0.687. The van der Waals surface area contributed by atoms with E-state index in [0.29, 0.717) is 32.0 Å². The number of ether oxygens (including phenoxy) is 3. The average molecular weight is 387 g/mol. The number of carbonyl (C=O) groups is 1. The lowest BCUT2D eigenvalue weighted by Gasteiger charge is -2.25. The van der Waals surface area contributed by atoms with E-state index in [2.05, 4.69) is 0 Å². The predicted molar refractivity (Wildman–Crippen MR) is 107 cm³/mol. The molecule has 0 saturated carbocycles. The Labute approximate surface area is 166 Å². The maximum absolute atomic E-state index is 11.7. The Kier molecular flexibility index (Phi) is 9.31. The van der Waals surface area contributed by atoms with Crippen LogP contribution in [0.4, 0.5) is 0 Å². The van der Waals surface area contributed by atoms with Gasteiger partial charge in [-0.3, -0.25) is 9.69 Å². The van der Waals surface area contributed by atoms with Crippen LogP contribution in [0.2, 0.25) is 0 Å². The van der Waals surface area contributed by atoms with Crippen LogP contribution < -0.4 is 9.47 Å². The molecule has 6 nitrogen and oxygen atoms in total. The molecule has 0 spiro atoms. The molecule has 1 N–H and O–H groups in total. The highest BCUT2D eigenvalue weighted by atomic mass is 16.5. The zero-order chi connectivity index (χ0) is 20.2. The molecule has 28 heavy (non-hydrogen) atoms. The van der Waals surface area contributed by atoms with Gasteiger partial charge in [-0.25, -0.2) is 0 Å². The molecule has 0 amide bonds. The Morgan fingerprint density at radius 2 is 1.75 bits per heavy atom. The van der Waals surface area contributed by atoms with Crippen LogP contribution in [0, 0.1) is 0 Å². The van der Waals surface area contributed by atoms with Gasteiger partial charge in [0.25, 0.3) is 0 Å². The van der Waals surface area contributed by atoms with E-state index in [4.69, 9.17) is 14.2 Å². The quantitative estimate of drug-likeness (QED) is 0.565. The molecule has 1 unspecified atom stereocenters. The largest absolute Gasteiger partial charge is 0.497 e. The fourth-order valence-corrected chi connectivity index (χ4v) is 2.77. The van der Waals surface area contributed by atoms with Crippen molar-refractivity contribution in [1.82, 2.24) is 4.90 Å². The second-order valence-electron chi connectivity index (χ2n) is 6.42. The zero-order valence-electron chi connectivity index (χ0n) is 16.5. The van der Waals surface area contributed by atoms with Crippen molar-refractivity contribution < 1.29 is 24.1 Å². The third kappa shape index (κ3) is 7.98. The molecule has 0 aromatic heterocycles. The Balaban J connectivity index is 1.88. The standard InChI is InChI=1S/C22H29NO5/c1-3-27-22(25)13-14-23(15-18-7-5-4-6-8-18)16-19(24)17-28-21-11-9-20(26-2)10-12-21/h4-12,19,24H,3,13-17H2,1-2H3. The maximum atomic E-state index is 11.7. The molecule has 0 aliphatic carbocycles. The molecule has 1 atom stereocenters. The van der Waals surface area contributed by atoms with Crippen molar-refractivity contribution in [1.29, 1.82) is 0 Å². The molecule has 0 bridgehead atoms. The SMILES string of the molecule is CCOC(=O)CCN(Cc1ccccc1)CC(O)COc1ccc(OC)cc1. The van der Waals surface area contributed by atoms with Crippen molar-refractivity contribution in [2.45, 2.75) is 26.0 Å². The van der Waals surface area contributed by atoms with Crippen molar-refractivity contribution >= 4 is 5.97 Å². The van der Waals surface area contributed by atoms with Crippen LogP contribution in [0.1, 0.15) is 18.9 Å². The van der Waals surface area contributed by atoms with Crippen LogP contribution in [0.5, 0.6) is 11.5 Å². The first-order chi connectivity index (χ1) is 13.6. The molecule has 2 aromatic carbocycles. The minimum absolute atomic E-state index is 0.164. The van der Waals surface area contributed by atoms with Gasteiger partial charge in [-0.05, 0) is 36.8 Å². The van der Waals surface area contributed by atoms with E-state index in [1.165, 1.54) is 0 Å². The first kappa shape index (κ1) is 21.7. The van der Waals surface area contributed by atoms with Crippen molar-refractivity contribution in [3.63, 3.8) is 0 Å². The topological polar surface area (TPSA) is 68.2 Å². The van der Waals surface area contributed by atoms with Crippen LogP contribution in [-0.2, 0) is 16.1 Å². The summed E-state index contributed by atoms with van der Waals surface area (Å²) in [7, 11) is 1.61. The number of carbonyl (C=O) groups excluding carboxylic acids is 1. The lowest BCUT2D eigenvalue weighted by Crippen LogP contribution is -2.36. The second kappa shape index (κ2) is 12.0. The van der Waals surface area contributed by atoms with E-state index in [9.17, 15) is 9.90 Å². The van der Waals surface area contributed by atoms with Gasteiger partial charge in [-0.2, -0.15) is 0 Å². The molecule has 2 rings (SSSR count). The first-order valence-electron chi connectivity index (χ1n) is 9.47. The number of esters is 1. The van der Waals surface area contributed by atoms with E-state index in [-0.39, 0.29) is 19.0 Å². The second-order valence-corrected chi connectivity index (χ2v) is 6.42. The summed E-state index contributed by atoms with van der Waals surface area (Å²) in [5.74, 6) is 1.19. The van der Waals surface area contributed by atoms with Crippen molar-refractivity contribution in [3.8, 4) is 11.5 Å².